The number of aromatic nitrogens is 2. The van der Waals surface area contributed by atoms with Gasteiger partial charge in [-0.25, -0.2) is 9.97 Å². The van der Waals surface area contributed by atoms with Gasteiger partial charge in [0.05, 0.1) is 6.10 Å². The first-order valence-electron chi connectivity index (χ1n) is 13.4. The minimum atomic E-state index is -0.0690. The highest BCUT2D eigenvalue weighted by molar-refractivity contribution is 5.46. The summed E-state index contributed by atoms with van der Waals surface area (Å²) in [5.74, 6) is 3.34. The van der Waals surface area contributed by atoms with Crippen LogP contribution in [0.1, 0.15) is 90.1 Å². The van der Waals surface area contributed by atoms with Gasteiger partial charge < -0.3 is 15.0 Å². The molecule has 3 fully saturated rings. The molecule has 0 radical (unpaired) electrons. The van der Waals surface area contributed by atoms with Crippen LogP contribution in [-0.2, 0) is 14.9 Å². The van der Waals surface area contributed by atoms with E-state index in [1.807, 2.05) is 7.11 Å². The summed E-state index contributed by atoms with van der Waals surface area (Å²) in [7, 11) is 1.81. The molecule has 1 atom stereocenters. The maximum atomic E-state index is 10.7. The van der Waals surface area contributed by atoms with E-state index in [9.17, 15) is 4.79 Å². The second-order valence-electron chi connectivity index (χ2n) is 11.9. The van der Waals surface area contributed by atoms with Crippen molar-refractivity contribution in [2.45, 2.75) is 102 Å². The third-order valence-electron chi connectivity index (χ3n) is 8.26. The first-order valence-corrected chi connectivity index (χ1v) is 13.4. The van der Waals surface area contributed by atoms with Crippen molar-refractivity contribution in [1.29, 1.82) is 0 Å². The summed E-state index contributed by atoms with van der Waals surface area (Å²) < 4.78 is 5.52. The Hall–Kier alpha value is -1.73. The summed E-state index contributed by atoms with van der Waals surface area (Å²) in [5.41, 5.74) is 1.12. The summed E-state index contributed by atoms with van der Waals surface area (Å²) in [6, 6.07) is 3.09. The van der Waals surface area contributed by atoms with Crippen LogP contribution in [0.15, 0.2) is 6.07 Å². The number of nitrogens with one attached hydrogen (secondary N) is 1. The molecule has 190 valence electrons. The molecule has 2 saturated carbocycles. The fourth-order valence-corrected chi connectivity index (χ4v) is 5.80. The Morgan fingerprint density at radius 3 is 2.50 bits per heavy atom. The first kappa shape index (κ1) is 25.4. The van der Waals surface area contributed by atoms with Gasteiger partial charge in [-0.3, -0.25) is 9.69 Å². The van der Waals surface area contributed by atoms with Crippen LogP contribution in [0.4, 0.5) is 5.82 Å². The van der Waals surface area contributed by atoms with Gasteiger partial charge in [-0.15, -0.1) is 0 Å². The molecule has 2 heterocycles. The smallest absolute Gasteiger partial charge is 0.207 e. The Balaban J connectivity index is 1.35. The van der Waals surface area contributed by atoms with Crippen molar-refractivity contribution in [2.24, 2.45) is 5.92 Å². The van der Waals surface area contributed by atoms with Crippen LogP contribution in [0.25, 0.3) is 0 Å². The molecule has 1 aliphatic heterocycles. The minimum Gasteiger partial charge on any atom is -0.381 e. The van der Waals surface area contributed by atoms with Crippen molar-refractivity contribution in [2.75, 3.05) is 38.2 Å². The number of hydrogen-bond acceptors (Lipinski definition) is 6. The van der Waals surface area contributed by atoms with E-state index in [-0.39, 0.29) is 5.41 Å². The Kier molecular flexibility index (Phi) is 8.13. The number of rotatable bonds is 8. The van der Waals surface area contributed by atoms with Crippen LogP contribution < -0.4 is 10.2 Å². The van der Waals surface area contributed by atoms with E-state index in [1.165, 1.54) is 31.5 Å². The van der Waals surface area contributed by atoms with Crippen LogP contribution in [0.3, 0.4) is 0 Å². The molecule has 0 aromatic carbocycles. The molecule has 2 aliphatic carbocycles. The topological polar surface area (TPSA) is 70.6 Å². The molecule has 1 aromatic heterocycles. The molecule has 1 amide bonds. The lowest BCUT2D eigenvalue weighted by atomic mass is 9.79. The monoisotopic (exact) mass is 471 g/mol. The zero-order chi connectivity index (χ0) is 24.3. The van der Waals surface area contributed by atoms with Gasteiger partial charge in [0.25, 0.3) is 0 Å². The largest absolute Gasteiger partial charge is 0.381 e. The molecule has 3 aliphatic rings. The fourth-order valence-electron chi connectivity index (χ4n) is 5.80. The van der Waals surface area contributed by atoms with Crippen LogP contribution in [-0.4, -0.2) is 72.8 Å². The molecule has 7 heteroatoms. The number of amides is 1. The second kappa shape index (κ2) is 10.9. The SMILES string of the molecule is COC1CC(c2cc(N3CCN(CCC4CCC(NC=O)CC4)CC3C)nc(C(C)(C)C)n2)C1. The molecule has 4 rings (SSSR count). The normalized spacial score (nSPS) is 30.6. The van der Waals surface area contributed by atoms with Crippen molar-refractivity contribution in [3.63, 3.8) is 0 Å². The molecule has 34 heavy (non-hydrogen) atoms. The highest BCUT2D eigenvalue weighted by atomic mass is 16.5. The average Bonchev–Trinajstić information content (AvgIpc) is 2.77. The van der Waals surface area contributed by atoms with Crippen molar-refractivity contribution >= 4 is 12.2 Å². The highest BCUT2D eigenvalue weighted by Crippen LogP contribution is 2.39. The van der Waals surface area contributed by atoms with E-state index >= 15 is 0 Å². The van der Waals surface area contributed by atoms with Crippen molar-refractivity contribution in [3.8, 4) is 0 Å². The molecule has 1 N–H and O–H groups in total. The molecular weight excluding hydrogens is 426 g/mol. The van der Waals surface area contributed by atoms with Crippen molar-refractivity contribution < 1.29 is 9.53 Å². The number of ether oxygens (including phenoxy) is 1. The number of nitrogens with zero attached hydrogens (tertiary/aromatic N) is 4. The van der Waals surface area contributed by atoms with Crippen LogP contribution in [0, 0.1) is 5.92 Å². The maximum Gasteiger partial charge on any atom is 0.207 e. The molecule has 1 aromatic rings. The Morgan fingerprint density at radius 1 is 1.15 bits per heavy atom. The number of piperazine rings is 1. The van der Waals surface area contributed by atoms with Gasteiger partial charge in [-0.05, 0) is 64.3 Å². The Morgan fingerprint density at radius 2 is 1.88 bits per heavy atom. The van der Waals surface area contributed by atoms with E-state index in [0.717, 1.165) is 69.3 Å². The van der Waals surface area contributed by atoms with Gasteiger partial charge in [0.1, 0.15) is 11.6 Å². The standard InChI is InChI=1S/C27H45N5O2/c1-19-17-31(11-10-20-6-8-22(9-7-20)28-18-33)12-13-32(19)25-16-24(21-14-23(15-21)34-5)29-26(30-25)27(2,3)4/h16,18-23H,6-15,17H2,1-5H3,(H,28,33). The van der Waals surface area contributed by atoms with Crippen LogP contribution in [0.2, 0.25) is 0 Å². The zero-order valence-electron chi connectivity index (χ0n) is 21.9. The predicted molar refractivity (Wildman–Crippen MR) is 136 cm³/mol. The third kappa shape index (κ3) is 6.09. The lowest BCUT2D eigenvalue weighted by Gasteiger charge is -2.42. The number of carbonyl (C=O) groups is 1. The number of hydrogen-bond donors (Lipinski definition) is 1. The van der Waals surface area contributed by atoms with E-state index in [0.29, 0.717) is 24.1 Å². The average molecular weight is 472 g/mol. The minimum absolute atomic E-state index is 0.0690. The van der Waals surface area contributed by atoms with E-state index in [4.69, 9.17) is 14.7 Å². The predicted octanol–water partition coefficient (Wildman–Crippen LogP) is 3.87. The van der Waals surface area contributed by atoms with Crippen molar-refractivity contribution in [3.05, 3.63) is 17.6 Å². The summed E-state index contributed by atoms with van der Waals surface area (Å²) in [6.45, 7) is 13.3. The van der Waals surface area contributed by atoms with Gasteiger partial charge in [0.2, 0.25) is 6.41 Å². The summed E-state index contributed by atoms with van der Waals surface area (Å²) in [4.78, 5) is 25.9. The maximum absolute atomic E-state index is 10.7. The fraction of sp³-hybridized carbons (Fsp3) is 0.815. The van der Waals surface area contributed by atoms with Crippen LogP contribution >= 0.6 is 0 Å². The van der Waals surface area contributed by atoms with Crippen molar-refractivity contribution in [1.82, 2.24) is 20.2 Å². The van der Waals surface area contributed by atoms with Gasteiger partial charge in [-0.1, -0.05) is 20.8 Å². The van der Waals surface area contributed by atoms with E-state index < -0.39 is 0 Å². The van der Waals surface area contributed by atoms with Gasteiger partial charge in [0, 0.05) is 61.9 Å². The van der Waals surface area contributed by atoms with Gasteiger partial charge in [0.15, 0.2) is 0 Å². The number of anilines is 1. The zero-order valence-corrected chi connectivity index (χ0v) is 21.9. The lowest BCUT2D eigenvalue weighted by molar-refractivity contribution is -0.110. The quantitative estimate of drug-likeness (QED) is 0.581. The Bertz CT molecular complexity index is 812. The molecule has 0 bridgehead atoms. The summed E-state index contributed by atoms with van der Waals surface area (Å²) in [5, 5.41) is 2.96. The first-order chi connectivity index (χ1) is 16.3. The molecular formula is C27H45N5O2. The second-order valence-corrected chi connectivity index (χ2v) is 11.9. The van der Waals surface area contributed by atoms with Crippen LogP contribution in [0.5, 0.6) is 0 Å². The third-order valence-corrected chi connectivity index (χ3v) is 8.26. The molecule has 1 unspecified atom stereocenters. The van der Waals surface area contributed by atoms with Gasteiger partial charge >= 0.3 is 0 Å². The van der Waals surface area contributed by atoms with E-state index in [2.05, 4.69) is 48.9 Å². The summed E-state index contributed by atoms with van der Waals surface area (Å²) >= 11 is 0. The molecule has 0 spiro atoms. The molecule has 1 saturated heterocycles. The number of methoxy groups -OCH3 is 1. The summed E-state index contributed by atoms with van der Waals surface area (Å²) in [6.07, 6.45) is 9.38. The van der Waals surface area contributed by atoms with E-state index in [1.54, 1.807) is 0 Å². The molecule has 7 nitrogen and oxygen atoms in total. The van der Waals surface area contributed by atoms with Gasteiger partial charge in [-0.2, -0.15) is 0 Å². The number of carbonyl (C=O) groups excluding carboxylic acids is 1. The highest BCUT2D eigenvalue weighted by Gasteiger charge is 2.34. The lowest BCUT2D eigenvalue weighted by Crippen LogP contribution is -2.52. The Labute approximate surface area is 206 Å².